The van der Waals surface area contributed by atoms with Crippen molar-refractivity contribution in [1.82, 2.24) is 4.90 Å². The van der Waals surface area contributed by atoms with Crippen molar-refractivity contribution in [3.63, 3.8) is 0 Å². The number of hydrogen-bond acceptors (Lipinski definition) is 4. The zero-order valence-electron chi connectivity index (χ0n) is 16.2. The molecule has 148 valence electrons. The van der Waals surface area contributed by atoms with Gasteiger partial charge in [0.1, 0.15) is 13.2 Å². The fourth-order valence-electron chi connectivity index (χ4n) is 2.37. The van der Waals surface area contributed by atoms with Gasteiger partial charge in [-0.1, -0.05) is 74.0 Å². The van der Waals surface area contributed by atoms with Gasteiger partial charge < -0.3 is 15.2 Å². The molecular formula is C22H27N3O3. The van der Waals surface area contributed by atoms with E-state index in [0.29, 0.717) is 13.2 Å². The molecule has 0 aliphatic rings. The molecule has 2 aromatic rings. The molecule has 2 N–H and O–H groups in total. The first kappa shape index (κ1) is 21.0. The topological polar surface area (TPSA) is 77.2 Å². The summed E-state index contributed by atoms with van der Waals surface area (Å²) in [6.45, 7) is 6.69. The summed E-state index contributed by atoms with van der Waals surface area (Å²) in [7, 11) is 0. The molecule has 6 nitrogen and oxygen atoms in total. The number of carbonyl (C=O) groups is 1. The number of carbonyl (C=O) groups excluding carboxylic acids is 1. The molecule has 0 heterocycles. The molecule has 2 aromatic carbocycles. The third-order valence-corrected chi connectivity index (χ3v) is 3.92. The lowest BCUT2D eigenvalue weighted by Gasteiger charge is -2.21. The Morgan fingerprint density at radius 3 is 2.07 bits per heavy atom. The lowest BCUT2D eigenvalue weighted by Crippen LogP contribution is -2.43. The van der Waals surface area contributed by atoms with Crippen LogP contribution in [0.1, 0.15) is 30.9 Å². The van der Waals surface area contributed by atoms with E-state index in [1.165, 1.54) is 4.90 Å². The van der Waals surface area contributed by atoms with E-state index >= 15 is 0 Å². The van der Waals surface area contributed by atoms with Crippen molar-refractivity contribution in [2.45, 2.75) is 33.0 Å². The summed E-state index contributed by atoms with van der Waals surface area (Å²) in [4.78, 5) is 17.9. The minimum atomic E-state index is -0.547. The van der Waals surface area contributed by atoms with Gasteiger partial charge in [0.05, 0.1) is 0 Å². The van der Waals surface area contributed by atoms with Gasteiger partial charge >= 0.3 is 6.09 Å². The molecule has 0 saturated carbocycles. The maximum atomic E-state index is 12.5. The molecule has 6 heteroatoms. The van der Waals surface area contributed by atoms with E-state index in [9.17, 15) is 4.79 Å². The Balaban J connectivity index is 1.95. The van der Waals surface area contributed by atoms with Gasteiger partial charge in [0.2, 0.25) is 11.8 Å². The van der Waals surface area contributed by atoms with Crippen LogP contribution >= 0.6 is 0 Å². The average Bonchev–Trinajstić information content (AvgIpc) is 2.72. The summed E-state index contributed by atoms with van der Waals surface area (Å²) in [6.07, 6.45) is 1.13. The summed E-state index contributed by atoms with van der Waals surface area (Å²) in [5.74, 6) is 0.142. The molecular weight excluding hydrogens is 354 g/mol. The Labute approximate surface area is 166 Å². The number of ether oxygens (including phenoxy) is 2. The van der Waals surface area contributed by atoms with Crippen LogP contribution in [0.2, 0.25) is 0 Å². The lowest BCUT2D eigenvalue weighted by atomic mass is 10.2. The highest BCUT2D eigenvalue weighted by molar-refractivity contribution is 5.93. The van der Waals surface area contributed by atoms with E-state index in [-0.39, 0.29) is 18.4 Å². The first-order chi connectivity index (χ1) is 13.6. The number of unbranched alkanes of at least 4 members (excludes halogenated alkanes) is 1. The molecule has 0 atom stereocenters. The maximum absolute atomic E-state index is 12.5. The number of rotatable bonds is 9. The van der Waals surface area contributed by atoms with E-state index < -0.39 is 6.09 Å². The number of amides is 1. The first-order valence-corrected chi connectivity index (χ1v) is 9.28. The molecule has 28 heavy (non-hydrogen) atoms. The third kappa shape index (κ3) is 7.15. The van der Waals surface area contributed by atoms with Gasteiger partial charge in [-0.25, -0.2) is 9.69 Å². The molecule has 0 aliphatic carbocycles. The fraction of sp³-hybridized carbons (Fsp3) is 0.273. The normalized spacial score (nSPS) is 11.0. The number of guanidine groups is 1. The van der Waals surface area contributed by atoms with E-state index in [0.717, 1.165) is 24.0 Å². The number of hydrogen-bond donors (Lipinski definition) is 1. The van der Waals surface area contributed by atoms with Gasteiger partial charge in [-0.2, -0.15) is 4.99 Å². The summed E-state index contributed by atoms with van der Waals surface area (Å²) in [6, 6.07) is 19.1. The van der Waals surface area contributed by atoms with Crippen LogP contribution in [0.25, 0.3) is 0 Å². The second-order valence-electron chi connectivity index (χ2n) is 6.18. The van der Waals surface area contributed by atoms with Crippen molar-refractivity contribution in [2.75, 3.05) is 6.54 Å². The Hall–Kier alpha value is -3.28. The van der Waals surface area contributed by atoms with Gasteiger partial charge in [0, 0.05) is 6.54 Å². The molecule has 2 rings (SSSR count). The fourth-order valence-corrected chi connectivity index (χ4v) is 2.37. The van der Waals surface area contributed by atoms with Gasteiger partial charge in [0.25, 0.3) is 0 Å². The van der Waals surface area contributed by atoms with Crippen LogP contribution < -0.4 is 5.73 Å². The smallest absolute Gasteiger partial charge is 0.416 e. The largest absolute Gasteiger partial charge is 0.473 e. The second-order valence-corrected chi connectivity index (χ2v) is 6.18. The van der Waals surface area contributed by atoms with Crippen LogP contribution in [-0.4, -0.2) is 23.5 Å². The highest BCUT2D eigenvalue weighted by Crippen LogP contribution is 2.08. The van der Waals surface area contributed by atoms with Crippen molar-refractivity contribution in [2.24, 2.45) is 10.7 Å². The number of benzene rings is 2. The standard InChI is InChI=1S/C22H27N3O3/c1-3-4-15-25(22(26)28-17-20-13-9-6-10-14-20)21(23)24-18(2)27-16-19-11-7-5-8-12-19/h5-14H,2-4,15-17H2,1H3,(H2,23,24). The monoisotopic (exact) mass is 381 g/mol. The lowest BCUT2D eigenvalue weighted by molar-refractivity contribution is 0.115. The van der Waals surface area contributed by atoms with Gasteiger partial charge in [-0.05, 0) is 24.1 Å². The van der Waals surface area contributed by atoms with Gasteiger partial charge in [-0.15, -0.1) is 0 Å². The van der Waals surface area contributed by atoms with Gasteiger partial charge in [-0.3, -0.25) is 0 Å². The molecule has 0 aromatic heterocycles. The molecule has 0 aliphatic heterocycles. The Kier molecular flexibility index (Phi) is 8.59. The summed E-state index contributed by atoms with van der Waals surface area (Å²) < 4.78 is 10.9. The quantitative estimate of drug-likeness (QED) is 0.396. The highest BCUT2D eigenvalue weighted by Gasteiger charge is 2.19. The zero-order chi connectivity index (χ0) is 20.2. The number of aliphatic imine (C=N–C) groups is 1. The van der Waals surface area contributed by atoms with Crippen molar-refractivity contribution < 1.29 is 14.3 Å². The molecule has 0 bridgehead atoms. The summed E-state index contributed by atoms with van der Waals surface area (Å²) in [5.41, 5.74) is 7.92. The second kappa shape index (κ2) is 11.4. The molecule has 0 spiro atoms. The van der Waals surface area contributed by atoms with Crippen LogP contribution in [0.3, 0.4) is 0 Å². The summed E-state index contributed by atoms with van der Waals surface area (Å²) >= 11 is 0. The number of nitrogens with two attached hydrogens (primary N) is 1. The van der Waals surface area contributed by atoms with E-state index in [1.807, 2.05) is 67.6 Å². The first-order valence-electron chi connectivity index (χ1n) is 9.28. The minimum absolute atomic E-state index is 0.00423. The predicted octanol–water partition coefficient (Wildman–Crippen LogP) is 4.43. The minimum Gasteiger partial charge on any atom is -0.473 e. The van der Waals surface area contributed by atoms with Crippen LogP contribution in [0.5, 0.6) is 0 Å². The van der Waals surface area contributed by atoms with Crippen molar-refractivity contribution in [3.05, 3.63) is 84.3 Å². The van der Waals surface area contributed by atoms with E-state index in [1.54, 1.807) is 0 Å². The predicted molar refractivity (Wildman–Crippen MR) is 110 cm³/mol. The average molecular weight is 381 g/mol. The van der Waals surface area contributed by atoms with E-state index in [2.05, 4.69) is 11.6 Å². The Morgan fingerprint density at radius 2 is 1.54 bits per heavy atom. The maximum Gasteiger partial charge on any atom is 0.416 e. The van der Waals surface area contributed by atoms with Crippen LogP contribution in [0.4, 0.5) is 4.79 Å². The zero-order valence-corrected chi connectivity index (χ0v) is 16.2. The van der Waals surface area contributed by atoms with Crippen molar-refractivity contribution >= 4 is 12.1 Å². The molecule has 0 saturated heterocycles. The summed E-state index contributed by atoms with van der Waals surface area (Å²) in [5, 5.41) is 0. The van der Waals surface area contributed by atoms with Crippen LogP contribution in [-0.2, 0) is 22.7 Å². The molecule has 0 fully saturated rings. The van der Waals surface area contributed by atoms with E-state index in [4.69, 9.17) is 15.2 Å². The van der Waals surface area contributed by atoms with Crippen molar-refractivity contribution in [3.8, 4) is 0 Å². The molecule has 0 radical (unpaired) electrons. The molecule has 0 unspecified atom stereocenters. The SMILES string of the molecule is C=C(N=C(N)N(CCCC)C(=O)OCc1ccccc1)OCc1ccccc1. The van der Waals surface area contributed by atoms with Crippen LogP contribution in [0, 0.1) is 0 Å². The third-order valence-electron chi connectivity index (χ3n) is 3.92. The Morgan fingerprint density at radius 1 is 1.00 bits per heavy atom. The molecule has 1 amide bonds. The van der Waals surface area contributed by atoms with Crippen molar-refractivity contribution in [1.29, 1.82) is 0 Å². The Bertz CT molecular complexity index is 776. The van der Waals surface area contributed by atoms with Gasteiger partial charge in [0.15, 0.2) is 0 Å². The highest BCUT2D eigenvalue weighted by atomic mass is 16.6. The van der Waals surface area contributed by atoms with Crippen LogP contribution in [0.15, 0.2) is 78.1 Å². The number of nitrogens with zero attached hydrogens (tertiary/aromatic N) is 2.